The molecule has 1 heterocycles. The number of hydrogen-bond acceptors (Lipinski definition) is 4. The van der Waals surface area contributed by atoms with E-state index in [0.717, 1.165) is 0 Å². The Morgan fingerprint density at radius 1 is 1.60 bits per heavy atom. The fourth-order valence-electron chi connectivity index (χ4n) is 0.873. The molecule has 82 valence electrons. The van der Waals surface area contributed by atoms with Gasteiger partial charge in [-0.05, 0) is 12.1 Å². The zero-order valence-corrected chi connectivity index (χ0v) is 8.93. The SMILES string of the molecule is CC(C)(CO)COC(=O)c1cccnc1. The van der Waals surface area contributed by atoms with E-state index < -0.39 is 11.4 Å². The minimum Gasteiger partial charge on any atom is -0.461 e. The first kappa shape index (κ1) is 11.7. The Balaban J connectivity index is 2.51. The maximum Gasteiger partial charge on any atom is 0.339 e. The number of aliphatic hydroxyl groups is 1. The van der Waals surface area contributed by atoms with E-state index in [1.54, 1.807) is 18.3 Å². The van der Waals surface area contributed by atoms with Crippen molar-refractivity contribution in [2.75, 3.05) is 13.2 Å². The molecule has 0 saturated heterocycles. The molecule has 4 nitrogen and oxygen atoms in total. The lowest BCUT2D eigenvalue weighted by Gasteiger charge is -2.20. The van der Waals surface area contributed by atoms with Crippen LogP contribution in [0.5, 0.6) is 0 Å². The highest BCUT2D eigenvalue weighted by Crippen LogP contribution is 2.14. The van der Waals surface area contributed by atoms with Crippen LogP contribution < -0.4 is 0 Å². The molecular weight excluding hydrogens is 194 g/mol. The van der Waals surface area contributed by atoms with Crippen molar-refractivity contribution in [2.45, 2.75) is 13.8 Å². The largest absolute Gasteiger partial charge is 0.461 e. The highest BCUT2D eigenvalue weighted by Gasteiger charge is 2.19. The quantitative estimate of drug-likeness (QED) is 0.758. The lowest BCUT2D eigenvalue weighted by atomic mass is 9.97. The third-order valence-electron chi connectivity index (χ3n) is 1.92. The van der Waals surface area contributed by atoms with Gasteiger partial charge in [-0.1, -0.05) is 13.8 Å². The van der Waals surface area contributed by atoms with Gasteiger partial charge in [0, 0.05) is 17.8 Å². The molecule has 0 fully saturated rings. The summed E-state index contributed by atoms with van der Waals surface area (Å²) in [5, 5.41) is 8.97. The van der Waals surface area contributed by atoms with Crippen molar-refractivity contribution in [3.05, 3.63) is 30.1 Å². The Morgan fingerprint density at radius 2 is 2.33 bits per heavy atom. The second-order valence-electron chi connectivity index (χ2n) is 4.14. The van der Waals surface area contributed by atoms with Gasteiger partial charge in [0.15, 0.2) is 0 Å². The van der Waals surface area contributed by atoms with Gasteiger partial charge < -0.3 is 9.84 Å². The zero-order chi connectivity index (χ0) is 11.3. The van der Waals surface area contributed by atoms with Crippen molar-refractivity contribution in [3.8, 4) is 0 Å². The number of aliphatic hydroxyl groups excluding tert-OH is 1. The van der Waals surface area contributed by atoms with E-state index in [2.05, 4.69) is 4.98 Å². The number of aromatic nitrogens is 1. The predicted octanol–water partition coefficient (Wildman–Crippen LogP) is 1.26. The van der Waals surface area contributed by atoms with Crippen molar-refractivity contribution < 1.29 is 14.6 Å². The summed E-state index contributed by atoms with van der Waals surface area (Å²) in [5.41, 5.74) is 0.0176. The summed E-state index contributed by atoms with van der Waals surface area (Å²) in [4.78, 5) is 15.3. The van der Waals surface area contributed by atoms with Gasteiger partial charge >= 0.3 is 5.97 Å². The Morgan fingerprint density at radius 3 is 2.87 bits per heavy atom. The fraction of sp³-hybridized carbons (Fsp3) is 0.455. The smallest absolute Gasteiger partial charge is 0.339 e. The van der Waals surface area contributed by atoms with Crippen LogP contribution in [-0.2, 0) is 4.74 Å². The topological polar surface area (TPSA) is 59.4 Å². The third kappa shape index (κ3) is 3.67. The molecule has 0 aliphatic heterocycles. The van der Waals surface area contributed by atoms with Gasteiger partial charge in [-0.15, -0.1) is 0 Å². The molecule has 1 aromatic rings. The third-order valence-corrected chi connectivity index (χ3v) is 1.92. The molecule has 1 rings (SSSR count). The summed E-state index contributed by atoms with van der Waals surface area (Å²) >= 11 is 0. The first-order chi connectivity index (χ1) is 7.05. The van der Waals surface area contributed by atoms with Crippen molar-refractivity contribution in [3.63, 3.8) is 0 Å². The van der Waals surface area contributed by atoms with E-state index >= 15 is 0 Å². The molecule has 1 aromatic heterocycles. The maximum absolute atomic E-state index is 11.5. The standard InChI is InChI=1S/C11H15NO3/c1-11(2,7-13)8-15-10(14)9-4-3-5-12-6-9/h3-6,13H,7-8H2,1-2H3. The number of ether oxygens (including phenoxy) is 1. The number of esters is 1. The van der Waals surface area contributed by atoms with Gasteiger partial charge in [0.2, 0.25) is 0 Å². The minimum atomic E-state index is -0.412. The van der Waals surface area contributed by atoms with Gasteiger partial charge in [-0.2, -0.15) is 0 Å². The van der Waals surface area contributed by atoms with Crippen LogP contribution in [0.4, 0.5) is 0 Å². The molecule has 0 atom stereocenters. The van der Waals surface area contributed by atoms with Crippen LogP contribution >= 0.6 is 0 Å². The first-order valence-corrected chi connectivity index (χ1v) is 4.73. The van der Waals surface area contributed by atoms with Gasteiger partial charge in [0.1, 0.15) is 0 Å². The van der Waals surface area contributed by atoms with E-state index in [1.807, 2.05) is 13.8 Å². The van der Waals surface area contributed by atoms with Gasteiger partial charge in [-0.25, -0.2) is 4.79 Å². The molecule has 4 heteroatoms. The zero-order valence-electron chi connectivity index (χ0n) is 8.93. The number of pyridine rings is 1. The Kier molecular flexibility index (Phi) is 3.80. The number of carbonyl (C=O) groups is 1. The Bertz CT molecular complexity index is 322. The number of rotatable bonds is 4. The number of carbonyl (C=O) groups excluding carboxylic acids is 1. The normalized spacial score (nSPS) is 11.1. The van der Waals surface area contributed by atoms with Crippen molar-refractivity contribution in [1.29, 1.82) is 0 Å². The molecule has 0 aliphatic rings. The van der Waals surface area contributed by atoms with E-state index in [-0.39, 0.29) is 13.2 Å². The molecule has 0 saturated carbocycles. The second-order valence-corrected chi connectivity index (χ2v) is 4.14. The summed E-state index contributed by atoms with van der Waals surface area (Å²) in [6.07, 6.45) is 3.04. The van der Waals surface area contributed by atoms with Crippen LogP contribution in [-0.4, -0.2) is 29.3 Å². The van der Waals surface area contributed by atoms with Crippen molar-refractivity contribution in [2.24, 2.45) is 5.41 Å². The summed E-state index contributed by atoms with van der Waals surface area (Å²) in [6, 6.07) is 3.31. The minimum absolute atomic E-state index is 0.0205. The molecule has 0 aromatic carbocycles. The molecule has 0 amide bonds. The predicted molar refractivity (Wildman–Crippen MR) is 55.4 cm³/mol. The molecule has 15 heavy (non-hydrogen) atoms. The van der Waals surface area contributed by atoms with Crippen LogP contribution in [0.15, 0.2) is 24.5 Å². The van der Waals surface area contributed by atoms with Crippen LogP contribution in [0.3, 0.4) is 0 Å². The second kappa shape index (κ2) is 4.89. The molecule has 1 N–H and O–H groups in total. The summed E-state index contributed by atoms with van der Waals surface area (Å²) in [7, 11) is 0. The number of nitrogens with zero attached hydrogens (tertiary/aromatic N) is 1. The Hall–Kier alpha value is -1.42. The van der Waals surface area contributed by atoms with Crippen LogP contribution in [0.2, 0.25) is 0 Å². The van der Waals surface area contributed by atoms with Gasteiger partial charge in [0.25, 0.3) is 0 Å². The van der Waals surface area contributed by atoms with Crippen molar-refractivity contribution in [1.82, 2.24) is 4.98 Å². The maximum atomic E-state index is 11.5. The van der Waals surface area contributed by atoms with E-state index in [1.165, 1.54) is 6.20 Å². The Labute approximate surface area is 88.9 Å². The van der Waals surface area contributed by atoms with Crippen LogP contribution in [0.1, 0.15) is 24.2 Å². The monoisotopic (exact) mass is 209 g/mol. The lowest BCUT2D eigenvalue weighted by Crippen LogP contribution is -2.25. The highest BCUT2D eigenvalue weighted by atomic mass is 16.5. The molecule has 0 aliphatic carbocycles. The summed E-state index contributed by atoms with van der Waals surface area (Å²) < 4.78 is 5.04. The van der Waals surface area contributed by atoms with Gasteiger partial charge in [0.05, 0.1) is 18.8 Å². The average Bonchev–Trinajstić information content (AvgIpc) is 2.27. The van der Waals surface area contributed by atoms with Gasteiger partial charge in [-0.3, -0.25) is 4.98 Å². The highest BCUT2D eigenvalue weighted by molar-refractivity contribution is 5.88. The number of hydrogen-bond donors (Lipinski definition) is 1. The molecule has 0 radical (unpaired) electrons. The molecule has 0 spiro atoms. The molecular formula is C11H15NO3. The fourth-order valence-corrected chi connectivity index (χ4v) is 0.873. The lowest BCUT2D eigenvalue weighted by molar-refractivity contribution is 0.0218. The first-order valence-electron chi connectivity index (χ1n) is 4.73. The molecule has 0 bridgehead atoms. The average molecular weight is 209 g/mol. The van der Waals surface area contributed by atoms with E-state index in [4.69, 9.17) is 9.84 Å². The summed E-state index contributed by atoms with van der Waals surface area (Å²) in [6.45, 7) is 3.82. The van der Waals surface area contributed by atoms with E-state index in [0.29, 0.717) is 5.56 Å². The van der Waals surface area contributed by atoms with Crippen LogP contribution in [0, 0.1) is 5.41 Å². The summed E-state index contributed by atoms with van der Waals surface area (Å²) in [5.74, 6) is -0.412. The van der Waals surface area contributed by atoms with Crippen LogP contribution in [0.25, 0.3) is 0 Å². The molecule has 0 unspecified atom stereocenters. The van der Waals surface area contributed by atoms with Crippen molar-refractivity contribution >= 4 is 5.97 Å². The van der Waals surface area contributed by atoms with E-state index in [9.17, 15) is 4.79 Å².